The van der Waals surface area contributed by atoms with Gasteiger partial charge in [0.2, 0.25) is 0 Å². The van der Waals surface area contributed by atoms with E-state index in [4.69, 9.17) is 0 Å². The van der Waals surface area contributed by atoms with Crippen LogP contribution in [0.5, 0.6) is 0 Å². The van der Waals surface area contributed by atoms with Gasteiger partial charge in [0.15, 0.2) is 0 Å². The third kappa shape index (κ3) is 3.30. The summed E-state index contributed by atoms with van der Waals surface area (Å²) in [5.74, 6) is 0. The third-order valence-corrected chi connectivity index (χ3v) is 5.22. The molecule has 0 amide bonds. The summed E-state index contributed by atoms with van der Waals surface area (Å²) in [5.41, 5.74) is -7.14. The van der Waals surface area contributed by atoms with E-state index < -0.39 is 38.6 Å². The van der Waals surface area contributed by atoms with Crippen molar-refractivity contribution in [2.24, 2.45) is 5.41 Å². The normalized spacial score (nSPS) is 13.7. The van der Waals surface area contributed by atoms with Crippen molar-refractivity contribution in [3.63, 3.8) is 0 Å². The molecule has 0 bridgehead atoms. The van der Waals surface area contributed by atoms with Crippen LogP contribution in [0.15, 0.2) is 34.0 Å². The predicted molar refractivity (Wildman–Crippen MR) is 91.2 cm³/mol. The first-order chi connectivity index (χ1) is 12.3. The molecule has 146 valence electrons. The van der Waals surface area contributed by atoms with Gasteiger partial charge in [-0.3, -0.25) is 18.6 Å². The first-order valence-corrected chi connectivity index (χ1v) is 9.21. The number of rotatable bonds is 5. The van der Waals surface area contributed by atoms with Gasteiger partial charge in [-0.2, -0.15) is 13.2 Å². The molecule has 0 aliphatic carbocycles. The Morgan fingerprint density at radius 1 is 1.11 bits per heavy atom. The van der Waals surface area contributed by atoms with E-state index in [1.54, 1.807) is 12.1 Å². The first-order valence-electron chi connectivity index (χ1n) is 7.73. The minimum atomic E-state index is -5.52. The Hall–Kier alpha value is -2.47. The fourth-order valence-corrected chi connectivity index (χ4v) is 3.47. The fraction of sp³-hybridized carbons (Fsp3) is 0.400. The molecule has 3 rings (SSSR count). The second-order valence-corrected chi connectivity index (χ2v) is 8.64. The van der Waals surface area contributed by atoms with E-state index in [1.165, 1.54) is 35.2 Å². The van der Waals surface area contributed by atoms with Crippen LogP contribution in [0.2, 0.25) is 0 Å². The molecule has 0 unspecified atom stereocenters. The van der Waals surface area contributed by atoms with Gasteiger partial charge in [-0.15, -0.1) is 0 Å². The van der Waals surface area contributed by atoms with E-state index in [2.05, 4.69) is 4.98 Å². The molecule has 27 heavy (non-hydrogen) atoms. The Kier molecular flexibility index (Phi) is 4.30. The second kappa shape index (κ2) is 6.02. The topological polar surface area (TPSA) is 103 Å². The summed E-state index contributed by atoms with van der Waals surface area (Å²) < 4.78 is 63.5. The van der Waals surface area contributed by atoms with Crippen molar-refractivity contribution in [3.8, 4) is 0 Å². The molecule has 0 aliphatic heterocycles. The number of halogens is 3. The lowest BCUT2D eigenvalue weighted by molar-refractivity contribution is -0.0449. The maximum absolute atomic E-state index is 12.7. The number of imidazole rings is 1. The third-order valence-electron chi connectivity index (χ3n) is 4.09. The largest absolute Gasteiger partial charge is 0.511 e. The van der Waals surface area contributed by atoms with Crippen molar-refractivity contribution in [2.75, 3.05) is 6.54 Å². The van der Waals surface area contributed by atoms with Gasteiger partial charge >= 0.3 is 15.5 Å². The summed E-state index contributed by atoms with van der Waals surface area (Å²) in [4.78, 5) is 29.4. The van der Waals surface area contributed by atoms with E-state index in [0.29, 0.717) is 5.65 Å². The molecule has 0 saturated carbocycles. The minimum absolute atomic E-state index is 0.145. The fourth-order valence-electron chi connectivity index (χ4n) is 2.72. The summed E-state index contributed by atoms with van der Waals surface area (Å²) in [6.07, 6.45) is 1.31. The summed E-state index contributed by atoms with van der Waals surface area (Å²) in [6.45, 7) is 1.99. The summed E-state index contributed by atoms with van der Waals surface area (Å²) in [5, 5.41) is 0. The van der Waals surface area contributed by atoms with Gasteiger partial charge in [0.05, 0.1) is 6.20 Å². The number of pyridine rings is 1. The monoisotopic (exact) mass is 404 g/mol. The number of alkyl halides is 3. The van der Waals surface area contributed by atoms with Crippen molar-refractivity contribution in [1.29, 1.82) is 0 Å². The number of nitrogens with one attached hydrogen (secondary N) is 1. The number of hydrogen-bond donors (Lipinski definition) is 1. The highest BCUT2D eigenvalue weighted by Crippen LogP contribution is 2.23. The van der Waals surface area contributed by atoms with Crippen LogP contribution in [0.3, 0.4) is 0 Å². The molecule has 8 nitrogen and oxygen atoms in total. The van der Waals surface area contributed by atoms with E-state index >= 15 is 0 Å². The standard InChI is InChI=1S/C15H15F3N4O4S/c1-14(2,7-20-27(25,26)15(16,17)18)8-21-12(23)9-4-3-5-11-19-6-10(13(21)24)22(9)11/h3-6,20H,7-8H2,1-2H3. The molecular weight excluding hydrogens is 389 g/mol. The Morgan fingerprint density at radius 2 is 1.74 bits per heavy atom. The van der Waals surface area contributed by atoms with Crippen molar-refractivity contribution in [2.45, 2.75) is 25.9 Å². The predicted octanol–water partition coefficient (Wildman–Crippen LogP) is 0.913. The molecule has 0 saturated heterocycles. The lowest BCUT2D eigenvalue weighted by Gasteiger charge is -2.26. The van der Waals surface area contributed by atoms with Crippen LogP contribution in [-0.4, -0.2) is 34.4 Å². The zero-order valence-electron chi connectivity index (χ0n) is 14.2. The summed E-state index contributed by atoms with van der Waals surface area (Å²) in [6, 6.07) is 4.72. The Bertz CT molecular complexity index is 1230. The van der Waals surface area contributed by atoms with Gasteiger partial charge in [-0.1, -0.05) is 19.9 Å². The molecule has 3 aromatic rings. The number of sulfonamides is 1. The summed E-state index contributed by atoms with van der Waals surface area (Å²) >= 11 is 0. The van der Waals surface area contributed by atoms with Crippen LogP contribution in [0.4, 0.5) is 13.2 Å². The zero-order valence-corrected chi connectivity index (χ0v) is 15.1. The molecule has 1 N–H and O–H groups in total. The average Bonchev–Trinajstić information content (AvgIpc) is 2.99. The van der Waals surface area contributed by atoms with Crippen LogP contribution >= 0.6 is 0 Å². The van der Waals surface area contributed by atoms with Gasteiger partial charge in [0, 0.05) is 13.1 Å². The molecule has 12 heteroatoms. The highest BCUT2D eigenvalue weighted by Gasteiger charge is 2.46. The smallest absolute Gasteiger partial charge is 0.283 e. The molecule has 0 aromatic carbocycles. The Balaban J connectivity index is 1.99. The van der Waals surface area contributed by atoms with Crippen molar-refractivity contribution in [1.82, 2.24) is 18.7 Å². The Morgan fingerprint density at radius 3 is 2.37 bits per heavy atom. The number of aromatic nitrogens is 3. The second-order valence-electron chi connectivity index (χ2n) is 6.88. The maximum atomic E-state index is 12.7. The molecule has 0 atom stereocenters. The number of hydrogen-bond acceptors (Lipinski definition) is 5. The molecule has 3 heterocycles. The lowest BCUT2D eigenvalue weighted by Crippen LogP contribution is -2.45. The summed E-state index contributed by atoms with van der Waals surface area (Å²) in [7, 11) is -5.52. The quantitative estimate of drug-likeness (QED) is 0.681. The maximum Gasteiger partial charge on any atom is 0.511 e. The van der Waals surface area contributed by atoms with Crippen LogP contribution in [0, 0.1) is 5.41 Å². The highest BCUT2D eigenvalue weighted by molar-refractivity contribution is 7.90. The molecule has 0 fully saturated rings. The van der Waals surface area contributed by atoms with Crippen LogP contribution < -0.4 is 15.8 Å². The van der Waals surface area contributed by atoms with Crippen LogP contribution in [0.1, 0.15) is 13.8 Å². The van der Waals surface area contributed by atoms with Gasteiger partial charge in [-0.25, -0.2) is 18.1 Å². The average molecular weight is 404 g/mol. The zero-order chi connectivity index (χ0) is 20.2. The molecule has 0 spiro atoms. The highest BCUT2D eigenvalue weighted by atomic mass is 32.2. The van der Waals surface area contributed by atoms with Crippen molar-refractivity contribution < 1.29 is 21.6 Å². The van der Waals surface area contributed by atoms with Crippen LogP contribution in [0.25, 0.3) is 16.7 Å². The SMILES string of the molecule is CC(C)(CNS(=O)(=O)C(F)(F)F)Cn1c(=O)c2cccc3ncc(c1=O)n32. The molecule has 3 aromatic heterocycles. The van der Waals surface area contributed by atoms with Crippen LogP contribution in [-0.2, 0) is 16.6 Å². The van der Waals surface area contributed by atoms with Gasteiger partial charge < -0.3 is 0 Å². The molecule has 0 aliphatic rings. The lowest BCUT2D eigenvalue weighted by atomic mass is 9.94. The van der Waals surface area contributed by atoms with Gasteiger partial charge in [0.25, 0.3) is 11.1 Å². The van der Waals surface area contributed by atoms with E-state index in [0.717, 1.165) is 4.57 Å². The van der Waals surface area contributed by atoms with Gasteiger partial charge in [-0.05, 0) is 17.5 Å². The van der Waals surface area contributed by atoms with Crippen molar-refractivity contribution in [3.05, 3.63) is 45.1 Å². The van der Waals surface area contributed by atoms with E-state index in [-0.39, 0.29) is 17.6 Å². The van der Waals surface area contributed by atoms with Crippen molar-refractivity contribution >= 4 is 26.7 Å². The van der Waals surface area contributed by atoms with E-state index in [1.807, 2.05) is 0 Å². The molecular formula is C15H15F3N4O4S. The van der Waals surface area contributed by atoms with E-state index in [9.17, 15) is 31.2 Å². The minimum Gasteiger partial charge on any atom is -0.283 e. The number of nitrogens with zero attached hydrogens (tertiary/aromatic N) is 3. The Labute approximate surface area is 150 Å². The first kappa shape index (κ1) is 19.3. The van der Waals surface area contributed by atoms with Gasteiger partial charge in [0.1, 0.15) is 16.7 Å². The molecule has 0 radical (unpaired) electrons.